The quantitative estimate of drug-likeness (QED) is 0.194. The van der Waals surface area contributed by atoms with Crippen molar-refractivity contribution in [3.05, 3.63) is 96.3 Å². The standard InChI is InChI=1S/C25H32OS2/c1-2-11-24(26)16-9-10-17-25(28-21-23-14-7-4-8-15-23)18-19-27-20-22-12-5-3-6-13-22/h2-8,11-15,25-26H,1,9-10,16-21H2/b24-11-. The molecule has 0 aromatic heterocycles. The molecule has 1 nitrogen and oxygen atoms in total. The van der Waals surface area contributed by atoms with Gasteiger partial charge in [-0.15, -0.1) is 0 Å². The first-order valence-corrected chi connectivity index (χ1v) is 12.3. The lowest BCUT2D eigenvalue weighted by molar-refractivity contribution is 0.381. The molecule has 150 valence electrons. The number of unbranched alkanes of at least 4 members (excludes halogenated alkanes) is 1. The molecule has 0 fully saturated rings. The van der Waals surface area contributed by atoms with Gasteiger partial charge in [-0.25, -0.2) is 0 Å². The number of thioether (sulfide) groups is 2. The van der Waals surface area contributed by atoms with Gasteiger partial charge in [0.1, 0.15) is 0 Å². The molecule has 2 aromatic rings. The second-order valence-corrected chi connectivity index (χ2v) is 9.28. The molecule has 3 heteroatoms. The minimum atomic E-state index is 0.446. The third-order valence-corrected chi connectivity index (χ3v) is 7.05. The molecule has 0 amide bonds. The summed E-state index contributed by atoms with van der Waals surface area (Å²) in [5.74, 6) is 3.82. The van der Waals surface area contributed by atoms with Gasteiger partial charge in [0.15, 0.2) is 0 Å². The fourth-order valence-electron chi connectivity index (χ4n) is 2.98. The van der Waals surface area contributed by atoms with Gasteiger partial charge in [0, 0.05) is 23.2 Å². The maximum absolute atomic E-state index is 9.73. The SMILES string of the molecule is C=C/C=C(\O)CCCCC(CCSCc1ccccc1)SCc1ccccc1. The van der Waals surface area contributed by atoms with Crippen LogP contribution in [0.3, 0.4) is 0 Å². The van der Waals surface area contributed by atoms with E-state index in [-0.39, 0.29) is 0 Å². The molecule has 0 spiro atoms. The maximum Gasteiger partial charge on any atom is 0.0922 e. The van der Waals surface area contributed by atoms with Gasteiger partial charge in [-0.1, -0.05) is 79.7 Å². The molecule has 2 rings (SSSR count). The van der Waals surface area contributed by atoms with Crippen molar-refractivity contribution >= 4 is 23.5 Å². The van der Waals surface area contributed by atoms with Gasteiger partial charge in [0.25, 0.3) is 0 Å². The van der Waals surface area contributed by atoms with Gasteiger partial charge >= 0.3 is 0 Å². The normalized spacial score (nSPS) is 12.6. The van der Waals surface area contributed by atoms with E-state index in [2.05, 4.69) is 79.0 Å². The van der Waals surface area contributed by atoms with Gasteiger partial charge in [-0.05, 0) is 42.2 Å². The van der Waals surface area contributed by atoms with Gasteiger partial charge < -0.3 is 5.11 Å². The summed E-state index contributed by atoms with van der Waals surface area (Å²) in [7, 11) is 0. The van der Waals surface area contributed by atoms with Crippen molar-refractivity contribution in [1.29, 1.82) is 0 Å². The Morgan fingerprint density at radius 3 is 2.18 bits per heavy atom. The Balaban J connectivity index is 1.74. The van der Waals surface area contributed by atoms with Crippen LogP contribution >= 0.6 is 23.5 Å². The Hall–Kier alpha value is -1.58. The molecule has 0 radical (unpaired) electrons. The highest BCUT2D eigenvalue weighted by Gasteiger charge is 2.10. The van der Waals surface area contributed by atoms with Crippen molar-refractivity contribution in [2.24, 2.45) is 0 Å². The smallest absolute Gasteiger partial charge is 0.0922 e. The second kappa shape index (κ2) is 14.4. The zero-order valence-electron chi connectivity index (χ0n) is 16.6. The van der Waals surface area contributed by atoms with Crippen LogP contribution in [0.5, 0.6) is 0 Å². The molecule has 0 aliphatic carbocycles. The number of rotatable bonds is 14. The monoisotopic (exact) mass is 412 g/mol. The summed E-state index contributed by atoms with van der Waals surface area (Å²) in [5.41, 5.74) is 2.81. The predicted molar refractivity (Wildman–Crippen MR) is 128 cm³/mol. The van der Waals surface area contributed by atoms with Crippen molar-refractivity contribution < 1.29 is 5.11 Å². The third kappa shape index (κ3) is 10.1. The highest BCUT2D eigenvalue weighted by Crippen LogP contribution is 2.27. The van der Waals surface area contributed by atoms with Crippen LogP contribution in [0.15, 0.2) is 85.2 Å². The molecule has 1 unspecified atom stereocenters. The number of aliphatic hydroxyl groups excluding tert-OH is 1. The molecule has 28 heavy (non-hydrogen) atoms. The molecule has 1 N–H and O–H groups in total. The van der Waals surface area contributed by atoms with Crippen molar-refractivity contribution in [3.63, 3.8) is 0 Å². The van der Waals surface area contributed by atoms with Crippen LogP contribution in [-0.2, 0) is 11.5 Å². The fraction of sp³-hybridized carbons (Fsp3) is 0.360. The van der Waals surface area contributed by atoms with E-state index in [0.717, 1.165) is 30.8 Å². The van der Waals surface area contributed by atoms with E-state index >= 15 is 0 Å². The molecular weight excluding hydrogens is 380 g/mol. The minimum absolute atomic E-state index is 0.446. The number of benzene rings is 2. The average Bonchev–Trinajstić information content (AvgIpc) is 2.73. The van der Waals surface area contributed by atoms with E-state index < -0.39 is 0 Å². The van der Waals surface area contributed by atoms with E-state index in [1.54, 1.807) is 12.2 Å². The summed E-state index contributed by atoms with van der Waals surface area (Å²) < 4.78 is 0. The average molecular weight is 413 g/mol. The molecule has 0 saturated carbocycles. The maximum atomic E-state index is 9.73. The Morgan fingerprint density at radius 2 is 1.54 bits per heavy atom. The Kier molecular flexibility index (Phi) is 11.7. The largest absolute Gasteiger partial charge is 0.512 e. The van der Waals surface area contributed by atoms with E-state index in [9.17, 15) is 5.11 Å². The highest BCUT2D eigenvalue weighted by atomic mass is 32.2. The summed E-state index contributed by atoms with van der Waals surface area (Å²) in [5, 5.41) is 10.4. The molecular formula is C25H32OS2. The summed E-state index contributed by atoms with van der Waals surface area (Å²) in [6.45, 7) is 3.63. The summed E-state index contributed by atoms with van der Waals surface area (Å²) >= 11 is 4.12. The van der Waals surface area contributed by atoms with Crippen molar-refractivity contribution in [2.45, 2.75) is 48.9 Å². The number of aliphatic hydroxyl groups is 1. The van der Waals surface area contributed by atoms with Gasteiger partial charge in [0.2, 0.25) is 0 Å². The van der Waals surface area contributed by atoms with Gasteiger partial charge in [-0.2, -0.15) is 23.5 Å². The zero-order valence-corrected chi connectivity index (χ0v) is 18.3. The Morgan fingerprint density at radius 1 is 0.893 bits per heavy atom. The highest BCUT2D eigenvalue weighted by molar-refractivity contribution is 7.99. The Labute approximate surface area is 179 Å². The van der Waals surface area contributed by atoms with Crippen LogP contribution in [0.2, 0.25) is 0 Å². The number of allylic oxidation sites excluding steroid dienone is 3. The van der Waals surface area contributed by atoms with Crippen LogP contribution in [-0.4, -0.2) is 16.1 Å². The molecule has 0 aliphatic heterocycles. The topological polar surface area (TPSA) is 20.2 Å². The molecule has 1 atom stereocenters. The summed E-state index contributed by atoms with van der Waals surface area (Å²) in [4.78, 5) is 0. The third-order valence-electron chi connectivity index (χ3n) is 4.54. The van der Waals surface area contributed by atoms with Crippen molar-refractivity contribution in [2.75, 3.05) is 5.75 Å². The zero-order chi connectivity index (χ0) is 19.9. The van der Waals surface area contributed by atoms with Gasteiger partial charge in [-0.3, -0.25) is 0 Å². The second-order valence-electron chi connectivity index (χ2n) is 6.88. The summed E-state index contributed by atoms with van der Waals surface area (Å²) in [6, 6.07) is 21.5. The van der Waals surface area contributed by atoms with E-state index in [1.165, 1.54) is 29.7 Å². The van der Waals surface area contributed by atoms with E-state index in [0.29, 0.717) is 11.0 Å². The molecule has 0 bridgehead atoms. The van der Waals surface area contributed by atoms with Gasteiger partial charge in [0.05, 0.1) is 5.76 Å². The molecule has 2 aromatic carbocycles. The van der Waals surface area contributed by atoms with E-state index in [1.807, 2.05) is 11.8 Å². The fourth-order valence-corrected chi connectivity index (χ4v) is 5.39. The van der Waals surface area contributed by atoms with Crippen molar-refractivity contribution in [3.8, 4) is 0 Å². The molecule has 0 heterocycles. The minimum Gasteiger partial charge on any atom is -0.512 e. The van der Waals surface area contributed by atoms with Crippen LogP contribution in [0, 0.1) is 0 Å². The van der Waals surface area contributed by atoms with Crippen molar-refractivity contribution in [1.82, 2.24) is 0 Å². The van der Waals surface area contributed by atoms with Crippen LogP contribution in [0.25, 0.3) is 0 Å². The lowest BCUT2D eigenvalue weighted by Gasteiger charge is -2.17. The van der Waals surface area contributed by atoms with Crippen LogP contribution in [0.4, 0.5) is 0 Å². The lowest BCUT2D eigenvalue weighted by atomic mass is 10.1. The van der Waals surface area contributed by atoms with E-state index in [4.69, 9.17) is 0 Å². The van der Waals surface area contributed by atoms with Crippen LogP contribution in [0.1, 0.15) is 43.2 Å². The first-order valence-electron chi connectivity index (χ1n) is 10.1. The first-order chi connectivity index (χ1) is 13.8. The van der Waals surface area contributed by atoms with Crippen LogP contribution < -0.4 is 0 Å². The Bertz CT molecular complexity index is 682. The molecule has 0 saturated heterocycles. The predicted octanol–water partition coefficient (Wildman–Crippen LogP) is 7.80. The lowest BCUT2D eigenvalue weighted by Crippen LogP contribution is -2.05. The number of hydrogen-bond donors (Lipinski definition) is 1. The molecule has 0 aliphatic rings. The summed E-state index contributed by atoms with van der Waals surface area (Å²) in [6.07, 6.45) is 8.75. The number of hydrogen-bond acceptors (Lipinski definition) is 3. The first kappa shape index (κ1) is 22.7.